The summed E-state index contributed by atoms with van der Waals surface area (Å²) in [5, 5.41) is 7.25. The number of nitrogens with one attached hydrogen (secondary N) is 1. The number of benzene rings is 1. The molecule has 1 aromatic carbocycles. The van der Waals surface area contributed by atoms with Crippen LogP contribution in [0, 0.1) is 12.8 Å². The molecule has 136 valence electrons. The number of halogens is 1. The first kappa shape index (κ1) is 19.7. The molecule has 1 aliphatic heterocycles. The molecule has 0 spiro atoms. The second kappa shape index (κ2) is 9.17. The Bertz CT molecular complexity index is 688. The Morgan fingerprint density at radius 1 is 1.36 bits per heavy atom. The fraction of sp³-hybridized carbons (Fsp3) is 0.500. The van der Waals surface area contributed by atoms with Gasteiger partial charge in [0.25, 0.3) is 0 Å². The van der Waals surface area contributed by atoms with Gasteiger partial charge < -0.3 is 14.7 Å². The molecule has 0 saturated carbocycles. The van der Waals surface area contributed by atoms with Crippen LogP contribution in [0.5, 0.6) is 0 Å². The van der Waals surface area contributed by atoms with Crippen molar-refractivity contribution in [1.29, 1.82) is 0 Å². The summed E-state index contributed by atoms with van der Waals surface area (Å²) in [6.07, 6.45) is 1.13. The largest absolute Gasteiger partial charge is 0.349 e. The van der Waals surface area contributed by atoms with Crippen molar-refractivity contribution in [2.45, 2.75) is 32.7 Å². The summed E-state index contributed by atoms with van der Waals surface area (Å²) in [6.45, 7) is 6.62. The molecule has 6 nitrogen and oxygen atoms in total. The number of guanidine groups is 1. The second-order valence-corrected chi connectivity index (χ2v) is 6.36. The Morgan fingerprint density at radius 3 is 2.72 bits per heavy atom. The highest BCUT2D eigenvalue weighted by Crippen LogP contribution is 2.32. The molecule has 0 aliphatic carbocycles. The van der Waals surface area contributed by atoms with E-state index in [1.807, 2.05) is 7.05 Å². The molecule has 1 aromatic heterocycles. The van der Waals surface area contributed by atoms with Crippen LogP contribution in [0.3, 0.4) is 0 Å². The number of nitrogens with zero attached hydrogens (tertiary/aromatic N) is 4. The van der Waals surface area contributed by atoms with E-state index in [1.54, 1.807) is 6.92 Å². The Balaban J connectivity index is 0.00000225. The van der Waals surface area contributed by atoms with Gasteiger partial charge in [0.1, 0.15) is 0 Å². The lowest BCUT2D eigenvalue weighted by Gasteiger charge is -2.38. The van der Waals surface area contributed by atoms with Gasteiger partial charge in [0.15, 0.2) is 11.8 Å². The summed E-state index contributed by atoms with van der Waals surface area (Å²) in [5.74, 6) is 3.32. The van der Waals surface area contributed by atoms with E-state index in [0.717, 1.165) is 25.5 Å². The maximum atomic E-state index is 5.00. The van der Waals surface area contributed by atoms with E-state index < -0.39 is 0 Å². The smallest absolute Gasteiger partial charge is 0.223 e. The molecule has 0 radical (unpaired) electrons. The zero-order valence-electron chi connectivity index (χ0n) is 15.0. The highest BCUT2D eigenvalue weighted by atomic mass is 127. The van der Waals surface area contributed by atoms with Crippen LogP contribution in [0.15, 0.2) is 39.8 Å². The summed E-state index contributed by atoms with van der Waals surface area (Å²) in [6, 6.07) is 10.8. The van der Waals surface area contributed by atoms with Crippen LogP contribution >= 0.6 is 24.0 Å². The number of piperidine rings is 1. The molecular formula is C18H26IN5O. The standard InChI is InChI=1S/C18H25N5O.HI/c1-13-12-23(10-9-16(13)15-7-5-4-6-8-15)18(19-3)20-11-17-21-14(2)24-22-17;/h4-8,13,16H,9-12H2,1-3H3,(H,19,20);1H. The van der Waals surface area contributed by atoms with E-state index in [0.29, 0.717) is 30.1 Å². The van der Waals surface area contributed by atoms with E-state index in [1.165, 1.54) is 5.56 Å². The third-order valence-corrected chi connectivity index (χ3v) is 4.62. The first-order chi connectivity index (χ1) is 11.7. The molecule has 2 heterocycles. The van der Waals surface area contributed by atoms with Crippen LogP contribution in [-0.2, 0) is 6.54 Å². The zero-order chi connectivity index (χ0) is 16.9. The van der Waals surface area contributed by atoms with Crippen molar-refractivity contribution < 1.29 is 4.52 Å². The van der Waals surface area contributed by atoms with E-state index in [-0.39, 0.29) is 24.0 Å². The first-order valence-corrected chi connectivity index (χ1v) is 8.47. The Morgan fingerprint density at radius 2 is 2.12 bits per heavy atom. The predicted molar refractivity (Wildman–Crippen MR) is 109 cm³/mol. The number of likely N-dealkylation sites (tertiary alicyclic amines) is 1. The molecule has 2 unspecified atom stereocenters. The van der Waals surface area contributed by atoms with Crippen molar-refractivity contribution in [2.75, 3.05) is 20.1 Å². The van der Waals surface area contributed by atoms with Crippen molar-refractivity contribution >= 4 is 29.9 Å². The SMILES string of the molecule is CN=C(NCc1noc(C)n1)N1CCC(c2ccccc2)C(C)C1.I. The summed E-state index contributed by atoms with van der Waals surface area (Å²) in [4.78, 5) is 10.9. The third-order valence-electron chi connectivity index (χ3n) is 4.62. The molecule has 1 fully saturated rings. The normalized spacial score (nSPS) is 20.9. The second-order valence-electron chi connectivity index (χ2n) is 6.36. The quantitative estimate of drug-likeness (QED) is 0.438. The van der Waals surface area contributed by atoms with Gasteiger partial charge in [0.2, 0.25) is 5.89 Å². The van der Waals surface area contributed by atoms with Crippen molar-refractivity contribution in [2.24, 2.45) is 10.9 Å². The molecule has 0 bridgehead atoms. The molecule has 2 atom stereocenters. The lowest BCUT2D eigenvalue weighted by atomic mass is 9.82. The van der Waals surface area contributed by atoms with Gasteiger partial charge in [-0.05, 0) is 23.8 Å². The van der Waals surface area contributed by atoms with E-state index >= 15 is 0 Å². The number of aryl methyl sites for hydroxylation is 1. The first-order valence-electron chi connectivity index (χ1n) is 8.47. The van der Waals surface area contributed by atoms with Crippen molar-refractivity contribution in [3.8, 4) is 0 Å². The summed E-state index contributed by atoms with van der Waals surface area (Å²) in [7, 11) is 1.82. The number of hydrogen-bond donors (Lipinski definition) is 1. The number of aromatic nitrogens is 2. The summed E-state index contributed by atoms with van der Waals surface area (Å²) in [5.41, 5.74) is 1.44. The van der Waals surface area contributed by atoms with E-state index in [9.17, 15) is 0 Å². The molecule has 1 saturated heterocycles. The molecule has 2 aromatic rings. The fourth-order valence-electron chi connectivity index (χ4n) is 3.44. The van der Waals surface area contributed by atoms with Crippen LogP contribution in [0.2, 0.25) is 0 Å². The Hall–Kier alpha value is -1.64. The Kier molecular flexibility index (Phi) is 7.22. The van der Waals surface area contributed by atoms with Gasteiger partial charge in [-0.2, -0.15) is 4.98 Å². The van der Waals surface area contributed by atoms with Crippen LogP contribution < -0.4 is 5.32 Å². The average Bonchev–Trinajstić information content (AvgIpc) is 3.02. The lowest BCUT2D eigenvalue weighted by Crippen LogP contribution is -2.47. The minimum Gasteiger partial charge on any atom is -0.349 e. The Labute approximate surface area is 166 Å². The van der Waals surface area contributed by atoms with Gasteiger partial charge in [-0.1, -0.05) is 42.4 Å². The number of hydrogen-bond acceptors (Lipinski definition) is 4. The molecule has 1 N–H and O–H groups in total. The highest BCUT2D eigenvalue weighted by molar-refractivity contribution is 14.0. The van der Waals surface area contributed by atoms with Gasteiger partial charge in [0, 0.05) is 27.1 Å². The van der Waals surface area contributed by atoms with Crippen molar-refractivity contribution in [3.05, 3.63) is 47.6 Å². The van der Waals surface area contributed by atoms with Crippen molar-refractivity contribution in [3.63, 3.8) is 0 Å². The third kappa shape index (κ3) is 4.93. The van der Waals surface area contributed by atoms with Crippen LogP contribution in [-0.4, -0.2) is 41.1 Å². The average molecular weight is 455 g/mol. The minimum absolute atomic E-state index is 0. The number of rotatable bonds is 3. The molecule has 0 amide bonds. The fourth-order valence-corrected chi connectivity index (χ4v) is 3.44. The zero-order valence-corrected chi connectivity index (χ0v) is 17.3. The lowest BCUT2D eigenvalue weighted by molar-refractivity contribution is 0.234. The molecule has 25 heavy (non-hydrogen) atoms. The summed E-state index contributed by atoms with van der Waals surface area (Å²) >= 11 is 0. The number of aliphatic imine (C=N–C) groups is 1. The summed E-state index contributed by atoms with van der Waals surface area (Å²) < 4.78 is 5.00. The molecular weight excluding hydrogens is 429 g/mol. The van der Waals surface area contributed by atoms with E-state index in [2.05, 4.69) is 62.6 Å². The molecule has 1 aliphatic rings. The maximum absolute atomic E-state index is 5.00. The van der Waals surface area contributed by atoms with Crippen molar-refractivity contribution in [1.82, 2.24) is 20.4 Å². The van der Waals surface area contributed by atoms with E-state index in [4.69, 9.17) is 4.52 Å². The van der Waals surface area contributed by atoms with Crippen LogP contribution in [0.1, 0.15) is 36.5 Å². The monoisotopic (exact) mass is 455 g/mol. The van der Waals surface area contributed by atoms with Gasteiger partial charge in [-0.25, -0.2) is 0 Å². The topological polar surface area (TPSA) is 66.5 Å². The molecule has 7 heteroatoms. The molecule has 3 rings (SSSR count). The van der Waals surface area contributed by atoms with Crippen LogP contribution in [0.4, 0.5) is 0 Å². The van der Waals surface area contributed by atoms with Crippen LogP contribution in [0.25, 0.3) is 0 Å². The highest BCUT2D eigenvalue weighted by Gasteiger charge is 2.28. The van der Waals surface area contributed by atoms with Gasteiger partial charge in [0.05, 0.1) is 6.54 Å². The van der Waals surface area contributed by atoms with Gasteiger partial charge in [-0.3, -0.25) is 4.99 Å². The predicted octanol–water partition coefficient (Wildman–Crippen LogP) is 3.20. The maximum Gasteiger partial charge on any atom is 0.223 e. The van der Waals surface area contributed by atoms with Gasteiger partial charge in [-0.15, -0.1) is 24.0 Å². The van der Waals surface area contributed by atoms with Gasteiger partial charge >= 0.3 is 0 Å². The minimum atomic E-state index is 0.